The molecule has 31 heavy (non-hydrogen) atoms. The number of aryl methyl sites for hydroxylation is 2. The normalized spacial score (nSPS) is 11.3. The third-order valence-electron chi connectivity index (χ3n) is 5.04. The van der Waals surface area contributed by atoms with E-state index in [1.165, 1.54) is 12.3 Å². The summed E-state index contributed by atoms with van der Waals surface area (Å²) in [7, 11) is 0. The number of aromatic nitrogens is 2. The smallest absolute Gasteiger partial charge is 0.339 e. The van der Waals surface area contributed by atoms with Crippen molar-refractivity contribution in [1.82, 2.24) is 10.1 Å². The summed E-state index contributed by atoms with van der Waals surface area (Å²) in [5, 5.41) is 5.15. The van der Waals surface area contributed by atoms with Crippen LogP contribution in [0.4, 0.5) is 0 Å². The number of carbonyl (C=O) groups excluding carboxylic acids is 2. The molecular weight excluding hydrogens is 400 g/mol. The minimum Gasteiger partial charge on any atom is -0.463 e. The summed E-state index contributed by atoms with van der Waals surface area (Å²) in [5.74, 6) is -0.500. The van der Waals surface area contributed by atoms with Gasteiger partial charge in [0.25, 0.3) is 5.71 Å². The number of ketones is 1. The number of nitrogens with zero attached hydrogens (tertiary/aromatic N) is 2. The molecule has 0 aliphatic heterocycles. The first-order valence-electron chi connectivity index (χ1n) is 9.52. The lowest BCUT2D eigenvalue weighted by molar-refractivity contribution is 0.0470. The maximum atomic E-state index is 12.9. The van der Waals surface area contributed by atoms with E-state index in [9.17, 15) is 9.59 Å². The predicted molar refractivity (Wildman–Crippen MR) is 110 cm³/mol. The first-order chi connectivity index (χ1) is 15.0. The van der Waals surface area contributed by atoms with Crippen LogP contribution in [0, 0.1) is 13.8 Å². The number of furan rings is 2. The zero-order chi connectivity index (χ0) is 21.5. The Labute approximate surface area is 175 Å². The molecule has 4 aromatic heterocycles. The number of hydrogen-bond donors (Lipinski definition) is 0. The Morgan fingerprint density at radius 1 is 1.10 bits per heavy atom. The third-order valence-corrected chi connectivity index (χ3v) is 5.04. The summed E-state index contributed by atoms with van der Waals surface area (Å²) in [5.41, 5.74) is 2.55. The van der Waals surface area contributed by atoms with Crippen molar-refractivity contribution in [1.29, 1.82) is 0 Å². The SMILES string of the molecule is Cc1c(C(=O)COC(=O)c2cc(-c3ccco3)nc3onc(C)c23)oc2ccccc12. The van der Waals surface area contributed by atoms with Crippen LogP contribution < -0.4 is 0 Å². The number of pyridine rings is 1. The van der Waals surface area contributed by atoms with Gasteiger partial charge in [-0.05, 0) is 38.1 Å². The number of ether oxygens (including phenoxy) is 1. The average Bonchev–Trinajstić information content (AvgIpc) is 3.51. The molecule has 4 heterocycles. The highest BCUT2D eigenvalue weighted by Crippen LogP contribution is 2.28. The van der Waals surface area contributed by atoms with Crippen molar-refractivity contribution in [3.63, 3.8) is 0 Å². The lowest BCUT2D eigenvalue weighted by Gasteiger charge is -2.06. The minimum atomic E-state index is -0.700. The van der Waals surface area contributed by atoms with Gasteiger partial charge in [0.1, 0.15) is 11.3 Å². The van der Waals surface area contributed by atoms with Gasteiger partial charge in [-0.3, -0.25) is 4.79 Å². The molecule has 0 saturated heterocycles. The molecule has 0 N–H and O–H groups in total. The number of hydrogen-bond acceptors (Lipinski definition) is 8. The van der Waals surface area contributed by atoms with Crippen molar-refractivity contribution in [3.8, 4) is 11.5 Å². The van der Waals surface area contributed by atoms with Crippen molar-refractivity contribution in [2.75, 3.05) is 6.61 Å². The molecule has 8 heteroatoms. The summed E-state index contributed by atoms with van der Waals surface area (Å²) < 4.78 is 21.6. The van der Waals surface area contributed by atoms with Crippen LogP contribution in [0.3, 0.4) is 0 Å². The number of fused-ring (bicyclic) bond motifs is 2. The second-order valence-corrected chi connectivity index (χ2v) is 7.03. The van der Waals surface area contributed by atoms with Gasteiger partial charge < -0.3 is 18.1 Å². The number of Topliss-reactive ketones (excluding diaryl/α,β-unsaturated/α-hetero) is 1. The van der Waals surface area contributed by atoms with E-state index in [1.807, 2.05) is 18.2 Å². The molecular formula is C23H16N2O6. The summed E-state index contributed by atoms with van der Waals surface area (Å²) >= 11 is 0. The van der Waals surface area contributed by atoms with Crippen LogP contribution in [0.5, 0.6) is 0 Å². The molecule has 0 atom stereocenters. The van der Waals surface area contributed by atoms with E-state index >= 15 is 0 Å². The molecule has 0 bridgehead atoms. The first kappa shape index (κ1) is 18.8. The summed E-state index contributed by atoms with van der Waals surface area (Å²) in [6.45, 7) is 3.02. The molecule has 0 amide bonds. The molecule has 0 fully saturated rings. The van der Waals surface area contributed by atoms with Crippen LogP contribution in [0.1, 0.15) is 32.2 Å². The molecule has 1 aromatic carbocycles. The number of para-hydroxylation sites is 1. The predicted octanol–water partition coefficient (Wildman–Crippen LogP) is 4.89. The number of benzene rings is 1. The van der Waals surface area contributed by atoms with Gasteiger partial charge in [-0.15, -0.1) is 0 Å². The van der Waals surface area contributed by atoms with Crippen LogP contribution in [0.25, 0.3) is 33.5 Å². The monoisotopic (exact) mass is 416 g/mol. The topological polar surface area (TPSA) is 109 Å². The van der Waals surface area contributed by atoms with E-state index in [0.717, 1.165) is 5.39 Å². The summed E-state index contributed by atoms with van der Waals surface area (Å²) in [4.78, 5) is 29.9. The fraction of sp³-hybridized carbons (Fsp3) is 0.130. The zero-order valence-corrected chi connectivity index (χ0v) is 16.7. The second-order valence-electron chi connectivity index (χ2n) is 7.03. The molecule has 0 aliphatic carbocycles. The quantitative estimate of drug-likeness (QED) is 0.294. The van der Waals surface area contributed by atoms with Gasteiger partial charge >= 0.3 is 5.97 Å². The van der Waals surface area contributed by atoms with E-state index in [2.05, 4.69) is 10.1 Å². The molecule has 5 rings (SSSR count). The fourth-order valence-electron chi connectivity index (χ4n) is 3.52. The van der Waals surface area contributed by atoms with E-state index in [1.54, 1.807) is 32.0 Å². The Kier molecular flexibility index (Phi) is 4.39. The Bertz CT molecular complexity index is 1440. The van der Waals surface area contributed by atoms with Crippen LogP contribution in [-0.4, -0.2) is 28.5 Å². The van der Waals surface area contributed by atoms with Gasteiger partial charge in [-0.1, -0.05) is 23.4 Å². The maximum absolute atomic E-state index is 12.9. The summed E-state index contributed by atoms with van der Waals surface area (Å²) in [6, 6.07) is 12.3. The number of carbonyl (C=O) groups is 2. The van der Waals surface area contributed by atoms with Crippen molar-refractivity contribution in [2.45, 2.75) is 13.8 Å². The molecule has 0 spiro atoms. The first-order valence-corrected chi connectivity index (χ1v) is 9.52. The highest BCUT2D eigenvalue weighted by atomic mass is 16.5. The lowest BCUT2D eigenvalue weighted by Crippen LogP contribution is -2.15. The molecule has 0 aliphatic rings. The van der Waals surface area contributed by atoms with Crippen LogP contribution in [-0.2, 0) is 4.74 Å². The van der Waals surface area contributed by atoms with Crippen molar-refractivity contribution in [2.24, 2.45) is 0 Å². The van der Waals surface area contributed by atoms with Crippen molar-refractivity contribution < 1.29 is 27.7 Å². The van der Waals surface area contributed by atoms with Gasteiger partial charge in [0.05, 0.1) is 22.9 Å². The molecule has 0 unspecified atom stereocenters. The lowest BCUT2D eigenvalue weighted by atomic mass is 10.1. The van der Waals surface area contributed by atoms with Crippen LogP contribution in [0.15, 0.2) is 62.1 Å². The Balaban J connectivity index is 1.44. The Morgan fingerprint density at radius 2 is 1.94 bits per heavy atom. The van der Waals surface area contributed by atoms with Gasteiger partial charge in [0, 0.05) is 10.9 Å². The fourth-order valence-corrected chi connectivity index (χ4v) is 3.52. The van der Waals surface area contributed by atoms with Gasteiger partial charge in [0.2, 0.25) is 5.78 Å². The standard InChI is InChI=1S/C23H16N2O6/c1-12-14-6-3-4-7-18(14)30-21(12)17(26)11-29-23(27)15-10-16(19-8-5-9-28-19)24-22-20(15)13(2)25-31-22/h3-10H,11H2,1-2H3. The second kappa shape index (κ2) is 7.24. The van der Waals surface area contributed by atoms with Crippen LogP contribution in [0.2, 0.25) is 0 Å². The average molecular weight is 416 g/mol. The molecule has 8 nitrogen and oxygen atoms in total. The Morgan fingerprint density at radius 3 is 2.71 bits per heavy atom. The van der Waals surface area contributed by atoms with Crippen LogP contribution >= 0.6 is 0 Å². The van der Waals surface area contributed by atoms with Gasteiger partial charge in [-0.25, -0.2) is 9.78 Å². The molecule has 154 valence electrons. The van der Waals surface area contributed by atoms with Crippen molar-refractivity contribution >= 4 is 33.8 Å². The van der Waals surface area contributed by atoms with E-state index < -0.39 is 18.4 Å². The minimum absolute atomic E-state index is 0.173. The largest absolute Gasteiger partial charge is 0.463 e. The maximum Gasteiger partial charge on any atom is 0.339 e. The summed E-state index contributed by atoms with van der Waals surface area (Å²) in [6.07, 6.45) is 1.50. The van der Waals surface area contributed by atoms with E-state index in [4.69, 9.17) is 18.1 Å². The Hall–Kier alpha value is -4.20. The number of esters is 1. The van der Waals surface area contributed by atoms with Crippen molar-refractivity contribution in [3.05, 3.63) is 71.3 Å². The molecule has 5 aromatic rings. The van der Waals surface area contributed by atoms with Gasteiger partial charge in [0.15, 0.2) is 18.1 Å². The zero-order valence-electron chi connectivity index (χ0n) is 16.7. The highest BCUT2D eigenvalue weighted by molar-refractivity contribution is 6.06. The van der Waals surface area contributed by atoms with E-state index in [-0.39, 0.29) is 17.0 Å². The van der Waals surface area contributed by atoms with Gasteiger partial charge in [-0.2, -0.15) is 0 Å². The molecule has 0 saturated carbocycles. The molecule has 0 radical (unpaired) electrons. The highest BCUT2D eigenvalue weighted by Gasteiger charge is 2.23. The number of rotatable bonds is 5. The van der Waals surface area contributed by atoms with E-state index in [0.29, 0.717) is 33.7 Å². The third kappa shape index (κ3) is 3.18.